The van der Waals surface area contributed by atoms with E-state index in [0.717, 1.165) is 0 Å². The lowest BCUT2D eigenvalue weighted by Gasteiger charge is -2.25. The van der Waals surface area contributed by atoms with Gasteiger partial charge in [-0.25, -0.2) is 4.39 Å². The fourth-order valence-electron chi connectivity index (χ4n) is 2.24. The Morgan fingerprint density at radius 2 is 2.16 bits per heavy atom. The van der Waals surface area contributed by atoms with E-state index in [9.17, 15) is 14.0 Å². The number of carbonyl (C=O) groups is 2. The minimum Gasteiger partial charge on any atom is -0.344 e. The fourth-order valence-corrected chi connectivity index (χ4v) is 2.24. The van der Waals surface area contributed by atoms with Gasteiger partial charge in [0.05, 0.1) is 0 Å². The summed E-state index contributed by atoms with van der Waals surface area (Å²) in [6.07, 6.45) is 0.758. The second-order valence-electron chi connectivity index (χ2n) is 4.65. The van der Waals surface area contributed by atoms with Crippen molar-refractivity contribution in [1.82, 2.24) is 5.32 Å². The minimum absolute atomic E-state index is 0.142. The molecular formula is C14H17FN2O2. The molecule has 1 aromatic rings. The summed E-state index contributed by atoms with van der Waals surface area (Å²) in [6, 6.07) is 4.12. The second kappa shape index (κ2) is 5.38. The highest BCUT2D eigenvalue weighted by Gasteiger charge is 2.30. The van der Waals surface area contributed by atoms with Gasteiger partial charge < -0.3 is 10.2 Å². The molecular weight excluding hydrogens is 247 g/mol. The van der Waals surface area contributed by atoms with E-state index in [1.165, 1.54) is 11.0 Å². The van der Waals surface area contributed by atoms with Crippen LogP contribution in [0.15, 0.2) is 18.2 Å². The molecule has 1 unspecified atom stereocenters. The van der Waals surface area contributed by atoms with E-state index in [-0.39, 0.29) is 30.6 Å². The summed E-state index contributed by atoms with van der Waals surface area (Å²) in [5.74, 6) is -0.666. The Balaban J connectivity index is 2.39. The first kappa shape index (κ1) is 13.5. The van der Waals surface area contributed by atoms with E-state index in [1.54, 1.807) is 19.1 Å². The summed E-state index contributed by atoms with van der Waals surface area (Å²) < 4.78 is 13.6. The van der Waals surface area contributed by atoms with Crippen LogP contribution in [-0.2, 0) is 9.59 Å². The first-order valence-corrected chi connectivity index (χ1v) is 6.40. The van der Waals surface area contributed by atoms with Crippen molar-refractivity contribution in [2.45, 2.75) is 32.7 Å². The van der Waals surface area contributed by atoms with Gasteiger partial charge in [-0.05, 0) is 25.5 Å². The minimum atomic E-state index is -0.530. The molecule has 1 saturated heterocycles. The summed E-state index contributed by atoms with van der Waals surface area (Å²) in [5.41, 5.74) is 0.972. The van der Waals surface area contributed by atoms with Crippen molar-refractivity contribution in [2.75, 3.05) is 11.4 Å². The van der Waals surface area contributed by atoms with Gasteiger partial charge in [-0.3, -0.25) is 9.59 Å². The van der Waals surface area contributed by atoms with Gasteiger partial charge in [-0.15, -0.1) is 0 Å². The highest BCUT2D eigenvalue weighted by molar-refractivity contribution is 6.01. The fraction of sp³-hybridized carbons (Fsp3) is 0.429. The van der Waals surface area contributed by atoms with Crippen LogP contribution in [0, 0.1) is 12.7 Å². The van der Waals surface area contributed by atoms with Crippen molar-refractivity contribution in [2.24, 2.45) is 0 Å². The zero-order chi connectivity index (χ0) is 14.0. The number of nitrogens with one attached hydrogen (secondary N) is 1. The molecule has 1 aliphatic rings. The molecule has 2 rings (SSSR count). The van der Waals surface area contributed by atoms with Crippen LogP contribution in [0.3, 0.4) is 0 Å². The zero-order valence-electron chi connectivity index (χ0n) is 11.1. The standard InChI is InChI=1S/C14H17FN2O2/c1-3-11-14(19)17(8-7-13(18)16-11)12-6-4-5-10(15)9(12)2/h4-6,11H,3,7-8H2,1-2H3,(H,16,18). The molecule has 1 aliphatic heterocycles. The maximum Gasteiger partial charge on any atom is 0.249 e. The number of rotatable bonds is 2. The topological polar surface area (TPSA) is 49.4 Å². The summed E-state index contributed by atoms with van der Waals surface area (Å²) in [7, 11) is 0. The van der Waals surface area contributed by atoms with Gasteiger partial charge >= 0.3 is 0 Å². The molecule has 0 saturated carbocycles. The lowest BCUT2D eigenvalue weighted by molar-refractivity contribution is -0.125. The molecule has 1 N–H and O–H groups in total. The van der Waals surface area contributed by atoms with Crippen LogP contribution < -0.4 is 10.2 Å². The number of nitrogens with zero attached hydrogens (tertiary/aromatic N) is 1. The molecule has 19 heavy (non-hydrogen) atoms. The van der Waals surface area contributed by atoms with Crippen molar-refractivity contribution < 1.29 is 14.0 Å². The smallest absolute Gasteiger partial charge is 0.249 e. The first-order chi connectivity index (χ1) is 9.04. The largest absolute Gasteiger partial charge is 0.344 e. The molecule has 0 aromatic heterocycles. The van der Waals surface area contributed by atoms with Gasteiger partial charge in [-0.1, -0.05) is 13.0 Å². The van der Waals surface area contributed by atoms with Crippen LogP contribution in [0.5, 0.6) is 0 Å². The molecule has 0 aliphatic carbocycles. The maximum absolute atomic E-state index is 13.6. The molecule has 2 amide bonds. The number of amides is 2. The molecule has 0 spiro atoms. The van der Waals surface area contributed by atoms with E-state index in [0.29, 0.717) is 17.7 Å². The van der Waals surface area contributed by atoms with Crippen molar-refractivity contribution in [3.05, 3.63) is 29.6 Å². The normalized spacial score (nSPS) is 20.2. The Morgan fingerprint density at radius 3 is 2.84 bits per heavy atom. The van der Waals surface area contributed by atoms with Gasteiger partial charge in [0.1, 0.15) is 11.9 Å². The molecule has 1 atom stereocenters. The number of hydrogen-bond donors (Lipinski definition) is 1. The van der Waals surface area contributed by atoms with E-state index >= 15 is 0 Å². The molecule has 0 bridgehead atoms. The van der Waals surface area contributed by atoms with E-state index in [4.69, 9.17) is 0 Å². The van der Waals surface area contributed by atoms with Crippen molar-refractivity contribution in [1.29, 1.82) is 0 Å². The molecule has 1 fully saturated rings. The van der Waals surface area contributed by atoms with Gasteiger partial charge in [0.25, 0.3) is 0 Å². The monoisotopic (exact) mass is 264 g/mol. The van der Waals surface area contributed by atoms with Crippen LogP contribution in [0.4, 0.5) is 10.1 Å². The van der Waals surface area contributed by atoms with Crippen molar-refractivity contribution in [3.8, 4) is 0 Å². The lowest BCUT2D eigenvalue weighted by atomic mass is 10.1. The Hall–Kier alpha value is -1.91. The van der Waals surface area contributed by atoms with Gasteiger partial charge in [-0.2, -0.15) is 0 Å². The van der Waals surface area contributed by atoms with Gasteiger partial charge in [0.2, 0.25) is 11.8 Å². The predicted molar refractivity (Wildman–Crippen MR) is 70.3 cm³/mol. The summed E-state index contributed by atoms with van der Waals surface area (Å²) in [4.78, 5) is 25.4. The van der Waals surface area contributed by atoms with Crippen LogP contribution in [0.2, 0.25) is 0 Å². The summed E-state index contributed by atoms with van der Waals surface area (Å²) >= 11 is 0. The third-order valence-corrected chi connectivity index (χ3v) is 3.40. The van der Waals surface area contributed by atoms with E-state index in [2.05, 4.69) is 5.32 Å². The Bertz CT molecular complexity index is 516. The number of anilines is 1. The number of halogens is 1. The maximum atomic E-state index is 13.6. The molecule has 1 heterocycles. The molecule has 0 radical (unpaired) electrons. The summed E-state index contributed by atoms with van der Waals surface area (Å²) in [6.45, 7) is 3.76. The van der Waals surface area contributed by atoms with Crippen LogP contribution in [-0.4, -0.2) is 24.4 Å². The highest BCUT2D eigenvalue weighted by atomic mass is 19.1. The Morgan fingerprint density at radius 1 is 1.42 bits per heavy atom. The summed E-state index contributed by atoms with van der Waals surface area (Å²) in [5, 5.41) is 2.69. The molecule has 4 nitrogen and oxygen atoms in total. The number of benzene rings is 1. The van der Waals surface area contributed by atoms with Gasteiger partial charge in [0.15, 0.2) is 0 Å². The van der Waals surface area contributed by atoms with E-state index in [1.807, 2.05) is 6.92 Å². The average molecular weight is 264 g/mol. The SMILES string of the molecule is CCC1NC(=O)CCN(c2cccc(F)c2C)C1=O. The predicted octanol–water partition coefficient (Wildman–Crippen LogP) is 1.77. The van der Waals surface area contributed by atoms with Gasteiger partial charge in [0, 0.05) is 24.2 Å². The number of carbonyl (C=O) groups excluding carboxylic acids is 2. The lowest BCUT2D eigenvalue weighted by Crippen LogP contribution is -2.44. The molecule has 5 heteroatoms. The van der Waals surface area contributed by atoms with Crippen LogP contribution >= 0.6 is 0 Å². The average Bonchev–Trinajstić information content (AvgIpc) is 2.53. The number of hydrogen-bond acceptors (Lipinski definition) is 2. The highest BCUT2D eigenvalue weighted by Crippen LogP contribution is 2.24. The first-order valence-electron chi connectivity index (χ1n) is 6.40. The van der Waals surface area contributed by atoms with Crippen LogP contribution in [0.25, 0.3) is 0 Å². The Labute approximate surface area is 111 Å². The van der Waals surface area contributed by atoms with Crippen molar-refractivity contribution >= 4 is 17.5 Å². The third kappa shape index (κ3) is 2.59. The van der Waals surface area contributed by atoms with Crippen molar-refractivity contribution in [3.63, 3.8) is 0 Å². The Kier molecular flexibility index (Phi) is 3.83. The quantitative estimate of drug-likeness (QED) is 0.885. The zero-order valence-corrected chi connectivity index (χ0v) is 11.1. The second-order valence-corrected chi connectivity index (χ2v) is 4.65. The van der Waals surface area contributed by atoms with E-state index < -0.39 is 6.04 Å². The van der Waals surface area contributed by atoms with Crippen LogP contribution in [0.1, 0.15) is 25.3 Å². The molecule has 1 aromatic carbocycles. The molecule has 102 valence electrons. The third-order valence-electron chi connectivity index (χ3n) is 3.40.